The van der Waals surface area contributed by atoms with Gasteiger partial charge in [0.15, 0.2) is 0 Å². The highest BCUT2D eigenvalue weighted by Crippen LogP contribution is 2.10. The fraction of sp³-hybridized carbons (Fsp3) is 0.529. The van der Waals surface area contributed by atoms with Crippen molar-refractivity contribution in [1.29, 1.82) is 0 Å². The lowest BCUT2D eigenvalue weighted by atomic mass is 10.1. The zero-order valence-electron chi connectivity index (χ0n) is 14.7. The molecular formula is C17H28BrClN4O2. The number of amides is 3. The minimum atomic E-state index is -0.505. The minimum absolute atomic E-state index is 0. The van der Waals surface area contributed by atoms with E-state index in [1.807, 2.05) is 38.2 Å². The molecule has 0 radical (unpaired) electrons. The van der Waals surface area contributed by atoms with Crippen molar-refractivity contribution in [2.45, 2.75) is 38.8 Å². The molecule has 1 rings (SSSR count). The molecule has 1 unspecified atom stereocenters. The molecule has 142 valence electrons. The average molecular weight is 436 g/mol. The lowest BCUT2D eigenvalue weighted by Gasteiger charge is -2.18. The Hall–Kier alpha value is -1.31. The van der Waals surface area contributed by atoms with Gasteiger partial charge in [-0.05, 0) is 44.1 Å². The highest BCUT2D eigenvalue weighted by atomic mass is 79.9. The van der Waals surface area contributed by atoms with Crippen LogP contribution < -0.4 is 21.3 Å². The molecule has 0 aliphatic carbocycles. The number of nitrogens with one attached hydrogen (secondary N) is 4. The maximum atomic E-state index is 12.2. The Morgan fingerprint density at radius 3 is 2.40 bits per heavy atom. The molecule has 8 heteroatoms. The summed E-state index contributed by atoms with van der Waals surface area (Å²) in [6.45, 7) is 3.85. The second-order valence-electron chi connectivity index (χ2n) is 5.54. The third-order valence-corrected chi connectivity index (χ3v) is 4.00. The van der Waals surface area contributed by atoms with Crippen LogP contribution in [-0.2, 0) is 11.3 Å². The van der Waals surface area contributed by atoms with Gasteiger partial charge < -0.3 is 21.3 Å². The van der Waals surface area contributed by atoms with Crippen LogP contribution in [0.3, 0.4) is 0 Å². The molecule has 0 aliphatic heterocycles. The Labute approximate surface area is 164 Å². The summed E-state index contributed by atoms with van der Waals surface area (Å²) in [7, 11) is 1.87. The predicted molar refractivity (Wildman–Crippen MR) is 107 cm³/mol. The summed E-state index contributed by atoms with van der Waals surface area (Å²) < 4.78 is 0.994. The van der Waals surface area contributed by atoms with Crippen molar-refractivity contribution in [3.05, 3.63) is 34.3 Å². The SMILES string of the molecule is CCCC(NC(=O)NCc1ccc(Br)cc1)C(=O)NCCCNC.Cl. The fourth-order valence-corrected chi connectivity index (χ4v) is 2.42. The van der Waals surface area contributed by atoms with Gasteiger partial charge >= 0.3 is 6.03 Å². The summed E-state index contributed by atoms with van der Waals surface area (Å²) in [6.07, 6.45) is 2.29. The van der Waals surface area contributed by atoms with Crippen LogP contribution in [-0.4, -0.2) is 38.1 Å². The van der Waals surface area contributed by atoms with Crippen molar-refractivity contribution in [3.63, 3.8) is 0 Å². The van der Waals surface area contributed by atoms with Crippen LogP contribution in [0.4, 0.5) is 4.79 Å². The minimum Gasteiger partial charge on any atom is -0.354 e. The summed E-state index contributed by atoms with van der Waals surface area (Å²) in [5, 5.41) is 11.4. The van der Waals surface area contributed by atoms with E-state index >= 15 is 0 Å². The number of carbonyl (C=O) groups is 2. The number of hydrogen-bond donors (Lipinski definition) is 4. The molecule has 0 spiro atoms. The number of halogens is 2. The van der Waals surface area contributed by atoms with Crippen LogP contribution in [0.15, 0.2) is 28.7 Å². The smallest absolute Gasteiger partial charge is 0.315 e. The number of hydrogen-bond acceptors (Lipinski definition) is 3. The van der Waals surface area contributed by atoms with Crippen molar-refractivity contribution >= 4 is 40.3 Å². The first-order valence-corrected chi connectivity index (χ1v) is 9.07. The standard InChI is InChI=1S/C17H27BrN4O2.ClH/c1-3-5-15(16(23)20-11-4-10-19-2)22-17(24)21-12-13-6-8-14(18)9-7-13;/h6-9,15,19H,3-5,10-12H2,1-2H3,(H,20,23)(H2,21,22,24);1H. The van der Waals surface area contributed by atoms with E-state index < -0.39 is 6.04 Å². The van der Waals surface area contributed by atoms with E-state index in [0.717, 1.165) is 29.4 Å². The maximum Gasteiger partial charge on any atom is 0.315 e. The summed E-state index contributed by atoms with van der Waals surface area (Å²) in [4.78, 5) is 24.2. The molecule has 1 aromatic carbocycles. The van der Waals surface area contributed by atoms with Gasteiger partial charge in [-0.2, -0.15) is 0 Å². The second kappa shape index (κ2) is 13.9. The molecule has 1 atom stereocenters. The molecule has 0 bridgehead atoms. The van der Waals surface area contributed by atoms with Crippen molar-refractivity contribution in [3.8, 4) is 0 Å². The molecule has 0 fully saturated rings. The third-order valence-electron chi connectivity index (χ3n) is 3.47. The van der Waals surface area contributed by atoms with Gasteiger partial charge in [-0.25, -0.2) is 4.79 Å². The van der Waals surface area contributed by atoms with Crippen molar-refractivity contribution in [1.82, 2.24) is 21.3 Å². The molecule has 4 N–H and O–H groups in total. The third kappa shape index (κ3) is 10.3. The molecule has 25 heavy (non-hydrogen) atoms. The summed E-state index contributed by atoms with van der Waals surface area (Å²) in [6, 6.07) is 6.88. The topological polar surface area (TPSA) is 82.3 Å². The van der Waals surface area contributed by atoms with Gasteiger partial charge in [0.05, 0.1) is 0 Å². The molecular weight excluding hydrogens is 408 g/mol. The van der Waals surface area contributed by atoms with Crippen LogP contribution in [0.2, 0.25) is 0 Å². The van der Waals surface area contributed by atoms with Crippen molar-refractivity contribution in [2.75, 3.05) is 20.1 Å². The van der Waals surface area contributed by atoms with Crippen LogP contribution in [0.5, 0.6) is 0 Å². The molecule has 0 saturated carbocycles. The Morgan fingerprint density at radius 2 is 1.80 bits per heavy atom. The monoisotopic (exact) mass is 434 g/mol. The van der Waals surface area contributed by atoms with Crippen LogP contribution in [0, 0.1) is 0 Å². The highest BCUT2D eigenvalue weighted by molar-refractivity contribution is 9.10. The number of urea groups is 1. The molecule has 0 saturated heterocycles. The van der Waals surface area contributed by atoms with Crippen LogP contribution in [0.25, 0.3) is 0 Å². The van der Waals surface area contributed by atoms with E-state index in [2.05, 4.69) is 37.2 Å². The van der Waals surface area contributed by atoms with Crippen molar-refractivity contribution < 1.29 is 9.59 Å². The zero-order chi connectivity index (χ0) is 17.8. The lowest BCUT2D eigenvalue weighted by Crippen LogP contribution is -2.50. The predicted octanol–water partition coefficient (Wildman–Crippen LogP) is 2.56. The van der Waals surface area contributed by atoms with Gasteiger partial charge in [0.2, 0.25) is 5.91 Å². The van der Waals surface area contributed by atoms with Gasteiger partial charge in [-0.1, -0.05) is 41.4 Å². The van der Waals surface area contributed by atoms with Gasteiger partial charge in [-0.15, -0.1) is 12.4 Å². The first-order valence-electron chi connectivity index (χ1n) is 8.28. The molecule has 6 nitrogen and oxygen atoms in total. The Morgan fingerprint density at radius 1 is 1.12 bits per heavy atom. The van der Waals surface area contributed by atoms with E-state index in [1.54, 1.807) is 0 Å². The normalized spacial score (nSPS) is 11.2. The summed E-state index contributed by atoms with van der Waals surface area (Å²) in [5.41, 5.74) is 0.997. The second-order valence-corrected chi connectivity index (χ2v) is 6.46. The van der Waals surface area contributed by atoms with E-state index in [-0.39, 0.29) is 24.3 Å². The van der Waals surface area contributed by atoms with E-state index in [4.69, 9.17) is 0 Å². The average Bonchev–Trinajstić information content (AvgIpc) is 2.57. The van der Waals surface area contributed by atoms with Crippen LogP contribution in [0.1, 0.15) is 31.7 Å². The summed E-state index contributed by atoms with van der Waals surface area (Å²) >= 11 is 3.37. The largest absolute Gasteiger partial charge is 0.354 e. The summed E-state index contributed by atoms with van der Waals surface area (Å²) in [5.74, 6) is -0.133. The van der Waals surface area contributed by atoms with Crippen LogP contribution >= 0.6 is 28.3 Å². The molecule has 0 heterocycles. The van der Waals surface area contributed by atoms with Gasteiger partial charge in [-0.3, -0.25) is 4.79 Å². The molecule has 1 aromatic rings. The Balaban J connectivity index is 0.00000576. The zero-order valence-corrected chi connectivity index (χ0v) is 17.1. The molecule has 3 amide bonds. The Bertz CT molecular complexity index is 514. The van der Waals surface area contributed by atoms with Crippen molar-refractivity contribution in [2.24, 2.45) is 0 Å². The number of rotatable bonds is 10. The molecule has 0 aliphatic rings. The van der Waals surface area contributed by atoms with Gasteiger partial charge in [0.25, 0.3) is 0 Å². The molecule has 0 aromatic heterocycles. The maximum absolute atomic E-state index is 12.2. The van der Waals surface area contributed by atoms with Gasteiger partial charge in [0.1, 0.15) is 6.04 Å². The van der Waals surface area contributed by atoms with E-state index in [9.17, 15) is 9.59 Å². The van der Waals surface area contributed by atoms with Gasteiger partial charge in [0, 0.05) is 17.6 Å². The highest BCUT2D eigenvalue weighted by Gasteiger charge is 2.19. The van der Waals surface area contributed by atoms with E-state index in [0.29, 0.717) is 19.5 Å². The first-order chi connectivity index (χ1) is 11.6. The number of benzene rings is 1. The lowest BCUT2D eigenvalue weighted by molar-refractivity contribution is -0.123. The van der Waals surface area contributed by atoms with E-state index in [1.165, 1.54) is 0 Å². The first kappa shape index (κ1) is 23.7. The Kier molecular flexibility index (Phi) is 13.2. The number of carbonyl (C=O) groups excluding carboxylic acids is 2. The quantitative estimate of drug-likeness (QED) is 0.426. The fourth-order valence-electron chi connectivity index (χ4n) is 2.15.